The number of rotatable bonds is 49. The van der Waals surface area contributed by atoms with Gasteiger partial charge < -0.3 is 15.5 Å². The van der Waals surface area contributed by atoms with Gasteiger partial charge in [-0.05, 0) is 51.4 Å². The number of aliphatic hydroxyl groups excluding tert-OH is 2. The zero-order chi connectivity index (χ0) is 42.8. The fourth-order valence-electron chi connectivity index (χ4n) is 8.31. The Morgan fingerprint density at radius 1 is 0.407 bits per heavy atom. The number of amides is 1. The highest BCUT2D eigenvalue weighted by Gasteiger charge is 2.20. The van der Waals surface area contributed by atoms with Crippen molar-refractivity contribution in [2.24, 2.45) is 0 Å². The van der Waals surface area contributed by atoms with E-state index in [2.05, 4.69) is 55.6 Å². The lowest BCUT2D eigenvalue weighted by Gasteiger charge is -2.22. The molecule has 0 radical (unpaired) electrons. The maximum absolute atomic E-state index is 12.4. The molecule has 0 fully saturated rings. The Morgan fingerprint density at radius 3 is 1.03 bits per heavy atom. The second-order valence-electron chi connectivity index (χ2n) is 18.3. The van der Waals surface area contributed by atoms with E-state index in [0.29, 0.717) is 12.8 Å². The maximum atomic E-state index is 12.4. The van der Waals surface area contributed by atoms with Crippen LogP contribution < -0.4 is 5.32 Å². The van der Waals surface area contributed by atoms with Crippen LogP contribution in [0.25, 0.3) is 0 Å². The standard InChI is InChI=1S/C55H105NO3/c1-3-5-7-9-11-13-14-15-16-17-18-19-20-21-22-23-24-25-26-27-28-29-30-31-32-33-34-35-36-37-38-39-40-41-42-43-45-47-49-51-55(59)56-53(52-57)54(58)50-48-46-44-12-10-8-6-4-2/h14-15,17-18,20-21,53-54,57-58H,3-13,16,19,22-52H2,1-2H3,(H,56,59)/b15-14-,18-17-,21-20-. The zero-order valence-corrected chi connectivity index (χ0v) is 40.0. The molecule has 4 nitrogen and oxygen atoms in total. The highest BCUT2D eigenvalue weighted by molar-refractivity contribution is 5.76. The van der Waals surface area contributed by atoms with Gasteiger partial charge in [0.15, 0.2) is 0 Å². The molecular formula is C55H105NO3. The van der Waals surface area contributed by atoms with Crippen molar-refractivity contribution < 1.29 is 15.0 Å². The zero-order valence-electron chi connectivity index (χ0n) is 40.0. The molecule has 59 heavy (non-hydrogen) atoms. The smallest absolute Gasteiger partial charge is 0.220 e. The van der Waals surface area contributed by atoms with Gasteiger partial charge in [0.05, 0.1) is 18.8 Å². The van der Waals surface area contributed by atoms with E-state index in [1.807, 2.05) is 0 Å². The number of aliphatic hydroxyl groups is 2. The first-order valence-corrected chi connectivity index (χ1v) is 26.7. The minimum absolute atomic E-state index is 0.0303. The monoisotopic (exact) mass is 828 g/mol. The van der Waals surface area contributed by atoms with E-state index in [9.17, 15) is 15.0 Å². The molecule has 0 spiro atoms. The van der Waals surface area contributed by atoms with Crippen molar-refractivity contribution >= 4 is 5.91 Å². The number of allylic oxidation sites excluding steroid dienone is 6. The van der Waals surface area contributed by atoms with E-state index < -0.39 is 12.1 Å². The van der Waals surface area contributed by atoms with Crippen LogP contribution in [0.5, 0.6) is 0 Å². The summed E-state index contributed by atoms with van der Waals surface area (Å²) in [5.74, 6) is -0.0303. The minimum atomic E-state index is -0.654. The average Bonchev–Trinajstić information content (AvgIpc) is 3.24. The molecule has 1 amide bonds. The number of carbonyl (C=O) groups is 1. The first-order chi connectivity index (χ1) is 29.2. The molecule has 0 aromatic heterocycles. The van der Waals surface area contributed by atoms with Gasteiger partial charge in [0, 0.05) is 6.42 Å². The number of unbranched alkanes of at least 4 members (excludes halogenated alkanes) is 36. The van der Waals surface area contributed by atoms with Crippen LogP contribution in [0.3, 0.4) is 0 Å². The largest absolute Gasteiger partial charge is 0.394 e. The topological polar surface area (TPSA) is 69.6 Å². The van der Waals surface area contributed by atoms with Gasteiger partial charge in [0.2, 0.25) is 5.91 Å². The maximum Gasteiger partial charge on any atom is 0.220 e. The molecule has 0 aromatic rings. The molecule has 0 aliphatic rings. The Kier molecular flexibility index (Phi) is 49.8. The van der Waals surface area contributed by atoms with E-state index in [-0.39, 0.29) is 12.5 Å². The molecule has 4 heteroatoms. The molecule has 2 atom stereocenters. The van der Waals surface area contributed by atoms with Crippen molar-refractivity contribution in [1.82, 2.24) is 5.32 Å². The van der Waals surface area contributed by atoms with Crippen LogP contribution in [0.4, 0.5) is 0 Å². The summed E-state index contributed by atoms with van der Waals surface area (Å²) < 4.78 is 0. The van der Waals surface area contributed by atoms with E-state index in [0.717, 1.165) is 38.5 Å². The molecular weight excluding hydrogens is 723 g/mol. The van der Waals surface area contributed by atoms with Crippen LogP contribution in [-0.2, 0) is 4.79 Å². The molecule has 0 saturated carbocycles. The molecule has 0 rings (SSSR count). The molecule has 2 unspecified atom stereocenters. The normalized spacial score (nSPS) is 13.1. The molecule has 0 aliphatic carbocycles. The van der Waals surface area contributed by atoms with Gasteiger partial charge in [-0.1, -0.05) is 269 Å². The Labute approximate surface area is 370 Å². The highest BCUT2D eigenvalue weighted by Crippen LogP contribution is 2.17. The van der Waals surface area contributed by atoms with Gasteiger partial charge in [-0.25, -0.2) is 0 Å². The SMILES string of the molecule is CCCCCCC/C=C\C/C=C\C/C=C\CCCCCCCCCCCCCCCCCCCCCCCCCCC(=O)NC(CO)C(O)CCCCCCCCCC. The number of carbonyl (C=O) groups excluding carboxylic acids is 1. The second kappa shape index (κ2) is 51.0. The van der Waals surface area contributed by atoms with E-state index in [1.165, 1.54) is 225 Å². The summed E-state index contributed by atoms with van der Waals surface area (Å²) in [5, 5.41) is 23.0. The van der Waals surface area contributed by atoms with Crippen molar-refractivity contribution in [3.05, 3.63) is 36.5 Å². The predicted molar refractivity (Wildman–Crippen MR) is 262 cm³/mol. The summed E-state index contributed by atoms with van der Waals surface area (Å²) in [7, 11) is 0. The third-order valence-electron chi connectivity index (χ3n) is 12.4. The van der Waals surface area contributed by atoms with Gasteiger partial charge in [-0.15, -0.1) is 0 Å². The summed E-state index contributed by atoms with van der Waals surface area (Å²) in [6, 6.07) is -0.531. The van der Waals surface area contributed by atoms with Crippen molar-refractivity contribution in [2.75, 3.05) is 6.61 Å². The quantitative estimate of drug-likeness (QED) is 0.0423. The summed E-state index contributed by atoms with van der Waals surface area (Å²) in [4.78, 5) is 12.4. The number of hydrogen-bond acceptors (Lipinski definition) is 3. The Hall–Kier alpha value is -1.39. The highest BCUT2D eigenvalue weighted by atomic mass is 16.3. The predicted octanol–water partition coefficient (Wildman–Crippen LogP) is 17.3. The van der Waals surface area contributed by atoms with Gasteiger partial charge in [-0.2, -0.15) is 0 Å². The summed E-state index contributed by atoms with van der Waals surface area (Å²) in [5.41, 5.74) is 0. The molecule has 348 valence electrons. The molecule has 0 heterocycles. The van der Waals surface area contributed by atoms with Gasteiger partial charge in [-0.3, -0.25) is 4.79 Å². The summed E-state index contributed by atoms with van der Waals surface area (Å²) >= 11 is 0. The van der Waals surface area contributed by atoms with Crippen LogP contribution in [0.15, 0.2) is 36.5 Å². The van der Waals surface area contributed by atoms with Gasteiger partial charge >= 0.3 is 0 Å². The van der Waals surface area contributed by atoms with E-state index in [1.54, 1.807) is 0 Å². The number of nitrogens with one attached hydrogen (secondary N) is 1. The third-order valence-corrected chi connectivity index (χ3v) is 12.4. The van der Waals surface area contributed by atoms with E-state index in [4.69, 9.17) is 0 Å². The van der Waals surface area contributed by atoms with Gasteiger partial charge in [0.25, 0.3) is 0 Å². The van der Waals surface area contributed by atoms with Crippen molar-refractivity contribution in [2.45, 2.75) is 302 Å². The molecule has 0 bridgehead atoms. The Bertz CT molecular complexity index is 897. The summed E-state index contributed by atoms with van der Waals surface area (Å²) in [6.45, 7) is 4.33. The molecule has 0 aromatic carbocycles. The second-order valence-corrected chi connectivity index (χ2v) is 18.3. The van der Waals surface area contributed by atoms with Crippen LogP contribution in [0.2, 0.25) is 0 Å². The first-order valence-electron chi connectivity index (χ1n) is 26.7. The average molecular weight is 828 g/mol. The molecule has 0 aliphatic heterocycles. The minimum Gasteiger partial charge on any atom is -0.394 e. The fraction of sp³-hybridized carbons (Fsp3) is 0.873. The van der Waals surface area contributed by atoms with Crippen molar-refractivity contribution in [1.29, 1.82) is 0 Å². The van der Waals surface area contributed by atoms with Crippen LogP contribution in [0.1, 0.15) is 290 Å². The van der Waals surface area contributed by atoms with E-state index >= 15 is 0 Å². The van der Waals surface area contributed by atoms with Crippen LogP contribution in [-0.4, -0.2) is 34.9 Å². The lowest BCUT2D eigenvalue weighted by atomic mass is 10.0. The molecule has 3 N–H and O–H groups in total. The lowest BCUT2D eigenvalue weighted by molar-refractivity contribution is -0.123. The van der Waals surface area contributed by atoms with Gasteiger partial charge in [0.1, 0.15) is 0 Å². The Balaban J connectivity index is 3.34. The van der Waals surface area contributed by atoms with Crippen molar-refractivity contribution in [3.8, 4) is 0 Å². The summed E-state index contributed by atoms with van der Waals surface area (Å²) in [6.07, 6.45) is 68.7. The first kappa shape index (κ1) is 57.6. The number of hydrogen-bond donors (Lipinski definition) is 3. The molecule has 0 saturated heterocycles. The lowest BCUT2D eigenvalue weighted by Crippen LogP contribution is -2.45. The van der Waals surface area contributed by atoms with Crippen LogP contribution in [0, 0.1) is 0 Å². The van der Waals surface area contributed by atoms with Crippen molar-refractivity contribution in [3.63, 3.8) is 0 Å². The van der Waals surface area contributed by atoms with Crippen LogP contribution >= 0.6 is 0 Å². The third kappa shape index (κ3) is 47.5. The fourth-order valence-corrected chi connectivity index (χ4v) is 8.31. The Morgan fingerprint density at radius 2 is 0.695 bits per heavy atom.